The predicted octanol–water partition coefficient (Wildman–Crippen LogP) is 2.75. The van der Waals surface area contributed by atoms with Gasteiger partial charge in [-0.1, -0.05) is 30.3 Å². The summed E-state index contributed by atoms with van der Waals surface area (Å²) >= 11 is 0. The number of hydrogen-bond donors (Lipinski definition) is 2. The molecular formula is C20H17N7O2. The summed E-state index contributed by atoms with van der Waals surface area (Å²) in [5.74, 6) is 1.52. The second kappa shape index (κ2) is 6.86. The lowest BCUT2D eigenvalue weighted by molar-refractivity contribution is 0.0945. The molecule has 0 bridgehead atoms. The molecule has 0 spiro atoms. The van der Waals surface area contributed by atoms with Crippen molar-refractivity contribution in [2.75, 3.05) is 0 Å². The third-order valence-corrected chi connectivity index (χ3v) is 4.69. The Labute approximate surface area is 164 Å². The number of nitrogens with zero attached hydrogens (tertiary/aromatic N) is 5. The maximum absolute atomic E-state index is 12.5. The third-order valence-electron chi connectivity index (χ3n) is 4.69. The van der Waals surface area contributed by atoms with Gasteiger partial charge in [0.25, 0.3) is 11.8 Å². The van der Waals surface area contributed by atoms with Crippen LogP contribution < -0.4 is 5.32 Å². The Morgan fingerprint density at radius 2 is 2.10 bits per heavy atom. The van der Waals surface area contributed by atoms with Crippen LogP contribution in [0.15, 0.2) is 53.2 Å². The molecule has 0 aliphatic heterocycles. The number of amides is 1. The first-order valence-electron chi connectivity index (χ1n) is 9.24. The van der Waals surface area contributed by atoms with Gasteiger partial charge >= 0.3 is 0 Å². The van der Waals surface area contributed by atoms with Crippen molar-refractivity contribution < 1.29 is 9.32 Å². The number of fused-ring (bicyclic) bond motifs is 2. The van der Waals surface area contributed by atoms with E-state index in [4.69, 9.17) is 4.52 Å². The van der Waals surface area contributed by atoms with Gasteiger partial charge in [-0.25, -0.2) is 0 Å². The fourth-order valence-electron chi connectivity index (χ4n) is 3.16. The summed E-state index contributed by atoms with van der Waals surface area (Å²) in [5.41, 5.74) is 2.83. The van der Waals surface area contributed by atoms with Crippen LogP contribution in [-0.4, -0.2) is 35.6 Å². The van der Waals surface area contributed by atoms with Crippen LogP contribution in [0.2, 0.25) is 0 Å². The Bertz CT molecular complexity index is 1300. The lowest BCUT2D eigenvalue weighted by atomic mass is 10.2. The van der Waals surface area contributed by atoms with Crippen LogP contribution in [0.1, 0.15) is 29.1 Å². The van der Waals surface area contributed by atoms with Crippen LogP contribution in [0.25, 0.3) is 28.0 Å². The summed E-state index contributed by atoms with van der Waals surface area (Å²) in [7, 11) is 0. The number of aromatic nitrogens is 6. The van der Waals surface area contributed by atoms with Crippen LogP contribution in [0.4, 0.5) is 0 Å². The summed E-state index contributed by atoms with van der Waals surface area (Å²) in [5, 5.41) is 16.1. The van der Waals surface area contributed by atoms with Gasteiger partial charge in [-0.05, 0) is 24.3 Å². The topological polar surface area (TPSA) is 114 Å². The number of rotatable bonds is 5. The normalized spacial score (nSPS) is 11.3. The van der Waals surface area contributed by atoms with Crippen molar-refractivity contribution in [3.05, 3.63) is 66.0 Å². The average Bonchev–Trinajstić information content (AvgIpc) is 3.49. The summed E-state index contributed by atoms with van der Waals surface area (Å²) in [6.07, 6.45) is 2.53. The highest BCUT2D eigenvalue weighted by molar-refractivity contribution is 5.97. The molecule has 4 aromatic heterocycles. The van der Waals surface area contributed by atoms with Crippen molar-refractivity contribution in [3.63, 3.8) is 0 Å². The SMILES string of the molecule is CCc1noc(-c2ccn3c(CNC(=O)c4cc5ccccc5[nH]4)nnc3c2)n1. The van der Waals surface area contributed by atoms with E-state index in [0.717, 1.165) is 16.5 Å². The lowest BCUT2D eigenvalue weighted by Crippen LogP contribution is -2.24. The molecule has 29 heavy (non-hydrogen) atoms. The first-order chi connectivity index (χ1) is 14.2. The number of H-pyrrole nitrogens is 1. The molecule has 4 heterocycles. The minimum atomic E-state index is -0.201. The van der Waals surface area contributed by atoms with Crippen molar-refractivity contribution in [3.8, 4) is 11.5 Å². The number of para-hydroxylation sites is 1. The van der Waals surface area contributed by atoms with E-state index < -0.39 is 0 Å². The van der Waals surface area contributed by atoms with E-state index in [9.17, 15) is 4.79 Å². The van der Waals surface area contributed by atoms with Gasteiger partial charge in [0.2, 0.25) is 0 Å². The molecule has 1 aromatic carbocycles. The van der Waals surface area contributed by atoms with Crippen molar-refractivity contribution in [1.82, 2.24) is 35.0 Å². The first-order valence-corrected chi connectivity index (χ1v) is 9.24. The Morgan fingerprint density at radius 3 is 2.93 bits per heavy atom. The van der Waals surface area contributed by atoms with Crippen LogP contribution in [0, 0.1) is 0 Å². The molecule has 144 valence electrons. The summed E-state index contributed by atoms with van der Waals surface area (Å²) in [4.78, 5) is 19.9. The molecule has 0 saturated heterocycles. The number of benzene rings is 1. The van der Waals surface area contributed by atoms with E-state index in [1.54, 1.807) is 0 Å². The van der Waals surface area contributed by atoms with Crippen LogP contribution in [0.5, 0.6) is 0 Å². The molecule has 0 saturated carbocycles. The lowest BCUT2D eigenvalue weighted by Gasteiger charge is -2.03. The van der Waals surface area contributed by atoms with Gasteiger partial charge in [0, 0.05) is 29.1 Å². The Kier molecular flexibility index (Phi) is 4.05. The quantitative estimate of drug-likeness (QED) is 0.479. The number of hydrogen-bond acceptors (Lipinski definition) is 6. The number of aryl methyl sites for hydroxylation is 1. The molecule has 5 rings (SSSR count). The largest absolute Gasteiger partial charge is 0.351 e. The molecule has 2 N–H and O–H groups in total. The van der Waals surface area contributed by atoms with E-state index in [1.807, 2.05) is 60.0 Å². The van der Waals surface area contributed by atoms with E-state index in [-0.39, 0.29) is 12.5 Å². The number of carbonyl (C=O) groups excluding carboxylic acids is 1. The molecule has 0 aliphatic rings. The van der Waals surface area contributed by atoms with Crippen LogP contribution >= 0.6 is 0 Å². The Hall–Kier alpha value is -4.01. The van der Waals surface area contributed by atoms with Gasteiger partial charge < -0.3 is 14.8 Å². The predicted molar refractivity (Wildman–Crippen MR) is 105 cm³/mol. The molecule has 0 radical (unpaired) electrons. The molecule has 9 heteroatoms. The smallest absolute Gasteiger partial charge is 0.268 e. The van der Waals surface area contributed by atoms with Gasteiger partial charge in [0.1, 0.15) is 5.69 Å². The third kappa shape index (κ3) is 3.12. The van der Waals surface area contributed by atoms with E-state index in [0.29, 0.717) is 35.3 Å². The standard InChI is InChI=1S/C20H17N7O2/c1-2-16-23-20(29-26-16)13-7-8-27-17(10-13)24-25-18(27)11-21-19(28)15-9-12-5-3-4-6-14(12)22-15/h3-10,22H,2,11H2,1H3,(H,21,28). The second-order valence-electron chi connectivity index (χ2n) is 6.58. The Morgan fingerprint density at radius 1 is 1.21 bits per heavy atom. The van der Waals surface area contributed by atoms with Crippen molar-refractivity contribution in [2.24, 2.45) is 0 Å². The highest BCUT2D eigenvalue weighted by Gasteiger charge is 2.13. The molecule has 1 amide bonds. The maximum atomic E-state index is 12.5. The Balaban J connectivity index is 1.34. The molecule has 0 aliphatic carbocycles. The average molecular weight is 387 g/mol. The summed E-state index contributed by atoms with van der Waals surface area (Å²) in [6.45, 7) is 2.21. The van der Waals surface area contributed by atoms with Gasteiger partial charge in [0.05, 0.1) is 6.54 Å². The van der Waals surface area contributed by atoms with E-state index in [2.05, 4.69) is 30.6 Å². The second-order valence-corrected chi connectivity index (χ2v) is 6.58. The zero-order chi connectivity index (χ0) is 19.8. The maximum Gasteiger partial charge on any atom is 0.268 e. The van der Waals surface area contributed by atoms with Crippen LogP contribution in [-0.2, 0) is 13.0 Å². The summed E-state index contributed by atoms with van der Waals surface area (Å²) < 4.78 is 7.08. The van der Waals surface area contributed by atoms with Gasteiger partial charge in [0.15, 0.2) is 17.3 Å². The minimum absolute atomic E-state index is 0.201. The van der Waals surface area contributed by atoms with E-state index >= 15 is 0 Å². The zero-order valence-electron chi connectivity index (χ0n) is 15.6. The van der Waals surface area contributed by atoms with Gasteiger partial charge in [-0.3, -0.25) is 9.20 Å². The zero-order valence-corrected chi connectivity index (χ0v) is 15.6. The van der Waals surface area contributed by atoms with Crippen LogP contribution in [0.3, 0.4) is 0 Å². The molecular weight excluding hydrogens is 370 g/mol. The van der Waals surface area contributed by atoms with Crippen molar-refractivity contribution in [1.29, 1.82) is 0 Å². The highest BCUT2D eigenvalue weighted by atomic mass is 16.5. The molecule has 9 nitrogen and oxygen atoms in total. The molecule has 0 unspecified atom stereocenters. The fraction of sp³-hybridized carbons (Fsp3) is 0.150. The molecule has 0 atom stereocenters. The molecule has 5 aromatic rings. The monoisotopic (exact) mass is 387 g/mol. The molecule has 0 fully saturated rings. The highest BCUT2D eigenvalue weighted by Crippen LogP contribution is 2.19. The van der Waals surface area contributed by atoms with E-state index in [1.165, 1.54) is 0 Å². The van der Waals surface area contributed by atoms with Gasteiger partial charge in [-0.15, -0.1) is 10.2 Å². The number of aromatic amines is 1. The number of pyridine rings is 1. The van der Waals surface area contributed by atoms with Crippen molar-refractivity contribution in [2.45, 2.75) is 19.9 Å². The number of nitrogens with one attached hydrogen (secondary N) is 2. The fourth-order valence-corrected chi connectivity index (χ4v) is 3.16. The van der Waals surface area contributed by atoms with Crippen molar-refractivity contribution >= 4 is 22.5 Å². The number of carbonyl (C=O) groups is 1. The summed E-state index contributed by atoms with van der Waals surface area (Å²) in [6, 6.07) is 13.3. The minimum Gasteiger partial charge on any atom is -0.351 e. The van der Waals surface area contributed by atoms with Gasteiger partial charge in [-0.2, -0.15) is 4.98 Å². The first kappa shape index (κ1) is 17.1.